The van der Waals surface area contributed by atoms with Crippen molar-refractivity contribution in [2.75, 3.05) is 0 Å². The zero-order chi connectivity index (χ0) is 28.7. The Hall–Kier alpha value is -1.55. The number of rotatable bonds is 8. The van der Waals surface area contributed by atoms with E-state index in [1.54, 1.807) is 18.7 Å². The molecule has 0 amide bonds. The zero-order valence-corrected chi connectivity index (χ0v) is 26.6. The van der Waals surface area contributed by atoms with Gasteiger partial charge in [-0.2, -0.15) is 0 Å². The third-order valence-electron chi connectivity index (χ3n) is 11.8. The lowest BCUT2D eigenvalue weighted by molar-refractivity contribution is -0.109. The summed E-state index contributed by atoms with van der Waals surface area (Å²) in [5.41, 5.74) is 2.61. The van der Waals surface area contributed by atoms with Crippen molar-refractivity contribution in [3.05, 3.63) is 47.5 Å². The van der Waals surface area contributed by atoms with Crippen LogP contribution in [0.25, 0.3) is 0 Å². The first-order valence-electron chi connectivity index (χ1n) is 16.2. The van der Waals surface area contributed by atoms with Crippen molar-refractivity contribution in [1.82, 2.24) is 0 Å². The SMILES string of the molecule is CC(=O)S[C@@H]1C=C2C[C@@H](OC(=O)c3ccccc3)CC[C@]2(C)[C@H]2CC[C@]3(C)[C@@H]([C@H](C)CCCC(C)C)CC[C@H]3[C@H]12. The van der Waals surface area contributed by atoms with Crippen LogP contribution in [0.15, 0.2) is 42.0 Å². The molecule has 3 saturated carbocycles. The second-order valence-electron chi connectivity index (χ2n) is 14.6. The van der Waals surface area contributed by atoms with Crippen molar-refractivity contribution < 1.29 is 14.3 Å². The lowest BCUT2D eigenvalue weighted by atomic mass is 9.46. The first kappa shape index (κ1) is 29.9. The molecule has 9 atom stereocenters. The minimum Gasteiger partial charge on any atom is -0.458 e. The summed E-state index contributed by atoms with van der Waals surface area (Å²) in [5.74, 6) is 4.04. The molecule has 3 fully saturated rings. The van der Waals surface area contributed by atoms with Gasteiger partial charge in [0.2, 0.25) is 0 Å². The van der Waals surface area contributed by atoms with Crippen LogP contribution in [0, 0.1) is 46.3 Å². The molecule has 4 heteroatoms. The molecule has 0 N–H and O–H groups in total. The van der Waals surface area contributed by atoms with E-state index in [1.807, 2.05) is 30.3 Å². The maximum Gasteiger partial charge on any atom is 0.338 e. The molecule has 3 nitrogen and oxygen atoms in total. The summed E-state index contributed by atoms with van der Waals surface area (Å²) < 4.78 is 6.04. The Balaban J connectivity index is 1.36. The molecule has 220 valence electrons. The molecule has 0 heterocycles. The number of carbonyl (C=O) groups excluding carboxylic acids is 2. The molecule has 0 bridgehead atoms. The van der Waals surface area contributed by atoms with Gasteiger partial charge in [-0.1, -0.05) is 95.5 Å². The number of ether oxygens (including phenoxy) is 1. The van der Waals surface area contributed by atoms with E-state index in [4.69, 9.17) is 4.74 Å². The van der Waals surface area contributed by atoms with E-state index in [-0.39, 0.29) is 27.9 Å². The highest BCUT2D eigenvalue weighted by Gasteiger charge is 2.61. The van der Waals surface area contributed by atoms with E-state index in [0.29, 0.717) is 28.7 Å². The van der Waals surface area contributed by atoms with Crippen LogP contribution < -0.4 is 0 Å². The zero-order valence-electron chi connectivity index (χ0n) is 25.8. The molecule has 0 radical (unpaired) electrons. The van der Waals surface area contributed by atoms with Gasteiger partial charge in [0.25, 0.3) is 0 Å². The smallest absolute Gasteiger partial charge is 0.338 e. The molecular weight excluding hydrogens is 512 g/mol. The fourth-order valence-corrected chi connectivity index (χ4v) is 11.0. The summed E-state index contributed by atoms with van der Waals surface area (Å²) in [6.07, 6.45) is 14.5. The number of hydrogen-bond donors (Lipinski definition) is 0. The number of thioether (sulfide) groups is 1. The Labute approximate surface area is 247 Å². The fourth-order valence-electron chi connectivity index (χ4n) is 9.81. The van der Waals surface area contributed by atoms with Gasteiger partial charge in [-0.05, 0) is 97.0 Å². The Kier molecular flexibility index (Phi) is 8.96. The van der Waals surface area contributed by atoms with Crippen LogP contribution in [0.3, 0.4) is 0 Å². The Morgan fingerprint density at radius 1 is 0.975 bits per heavy atom. The van der Waals surface area contributed by atoms with E-state index in [0.717, 1.165) is 37.0 Å². The average Bonchev–Trinajstić information content (AvgIpc) is 3.26. The van der Waals surface area contributed by atoms with Crippen molar-refractivity contribution in [1.29, 1.82) is 0 Å². The van der Waals surface area contributed by atoms with Crippen LogP contribution in [0.5, 0.6) is 0 Å². The number of hydrogen-bond acceptors (Lipinski definition) is 4. The van der Waals surface area contributed by atoms with Crippen LogP contribution in [0.2, 0.25) is 0 Å². The minimum absolute atomic E-state index is 0.0806. The predicted octanol–water partition coefficient (Wildman–Crippen LogP) is 9.51. The summed E-state index contributed by atoms with van der Waals surface area (Å²) in [5, 5.41) is 0.477. The van der Waals surface area contributed by atoms with E-state index in [2.05, 4.69) is 40.7 Å². The van der Waals surface area contributed by atoms with Crippen LogP contribution in [0.4, 0.5) is 0 Å². The van der Waals surface area contributed by atoms with Gasteiger partial charge in [0, 0.05) is 18.6 Å². The fraction of sp³-hybridized carbons (Fsp3) is 0.722. The van der Waals surface area contributed by atoms with Gasteiger partial charge in [0.15, 0.2) is 5.12 Å². The summed E-state index contributed by atoms with van der Waals surface area (Å²) in [7, 11) is 0. The van der Waals surface area contributed by atoms with Crippen LogP contribution in [0.1, 0.15) is 116 Å². The molecule has 1 aromatic rings. The topological polar surface area (TPSA) is 43.4 Å². The maximum atomic E-state index is 12.8. The first-order valence-corrected chi connectivity index (χ1v) is 17.1. The van der Waals surface area contributed by atoms with E-state index in [9.17, 15) is 9.59 Å². The first-order chi connectivity index (χ1) is 19.0. The third-order valence-corrected chi connectivity index (χ3v) is 12.9. The summed E-state index contributed by atoms with van der Waals surface area (Å²) in [4.78, 5) is 25.4. The van der Waals surface area contributed by atoms with E-state index >= 15 is 0 Å². The van der Waals surface area contributed by atoms with Gasteiger partial charge >= 0.3 is 5.97 Å². The van der Waals surface area contributed by atoms with Crippen molar-refractivity contribution in [2.45, 2.75) is 117 Å². The van der Waals surface area contributed by atoms with Crippen molar-refractivity contribution >= 4 is 22.8 Å². The molecule has 4 aliphatic rings. The lowest BCUT2D eigenvalue weighted by Gasteiger charge is -2.60. The average molecular weight is 565 g/mol. The number of carbonyl (C=O) groups is 2. The van der Waals surface area contributed by atoms with E-state index < -0.39 is 0 Å². The Morgan fingerprint density at radius 2 is 1.73 bits per heavy atom. The molecule has 40 heavy (non-hydrogen) atoms. The van der Waals surface area contributed by atoms with Crippen molar-refractivity contribution in [3.8, 4) is 0 Å². The van der Waals surface area contributed by atoms with Gasteiger partial charge in [0.05, 0.1) is 5.56 Å². The summed E-state index contributed by atoms with van der Waals surface area (Å²) in [6.45, 7) is 14.1. The standard InChI is InChI=1S/C36H52O3S/c1-23(2)11-10-12-24(3)29-15-16-30-33-31(18-20-36(29,30)6)35(5)19-17-28(21-27(35)22-32(33)40-25(4)37)39-34(38)26-13-8-7-9-14-26/h7-9,13-14,22-24,28-33H,10-12,15-21H2,1-6H3/t24-,28+,29-,30+,31+,32-,33+,35+,36-/m1/s1. The molecule has 5 rings (SSSR count). The van der Waals surface area contributed by atoms with Gasteiger partial charge in [0.1, 0.15) is 6.10 Å². The van der Waals surface area contributed by atoms with Crippen LogP contribution >= 0.6 is 11.8 Å². The van der Waals surface area contributed by atoms with Crippen molar-refractivity contribution in [3.63, 3.8) is 0 Å². The predicted molar refractivity (Wildman–Crippen MR) is 166 cm³/mol. The highest BCUT2D eigenvalue weighted by atomic mass is 32.2. The molecule has 0 unspecified atom stereocenters. The van der Waals surface area contributed by atoms with E-state index in [1.165, 1.54) is 50.5 Å². The maximum absolute atomic E-state index is 12.8. The Morgan fingerprint density at radius 3 is 2.42 bits per heavy atom. The number of fused-ring (bicyclic) bond motifs is 5. The van der Waals surface area contributed by atoms with Gasteiger partial charge in [-0.15, -0.1) is 0 Å². The number of benzene rings is 1. The molecular formula is C36H52O3S. The molecule has 0 spiro atoms. The largest absolute Gasteiger partial charge is 0.458 e. The molecule has 0 aromatic heterocycles. The minimum atomic E-state index is -0.217. The number of esters is 1. The van der Waals surface area contributed by atoms with Crippen LogP contribution in [-0.4, -0.2) is 22.4 Å². The molecule has 0 aliphatic heterocycles. The molecule has 0 saturated heterocycles. The second kappa shape index (κ2) is 12.0. The summed E-state index contributed by atoms with van der Waals surface area (Å²) >= 11 is 1.58. The highest BCUT2D eigenvalue weighted by Crippen LogP contribution is 2.68. The summed E-state index contributed by atoms with van der Waals surface area (Å²) in [6, 6.07) is 9.36. The van der Waals surface area contributed by atoms with Gasteiger partial charge in [-0.25, -0.2) is 4.79 Å². The Bertz CT molecular complexity index is 1090. The highest BCUT2D eigenvalue weighted by molar-refractivity contribution is 8.14. The van der Waals surface area contributed by atoms with Gasteiger partial charge < -0.3 is 4.74 Å². The second-order valence-corrected chi connectivity index (χ2v) is 16.0. The third kappa shape index (κ3) is 5.72. The van der Waals surface area contributed by atoms with Gasteiger partial charge in [-0.3, -0.25) is 4.79 Å². The van der Waals surface area contributed by atoms with Crippen LogP contribution in [-0.2, 0) is 9.53 Å². The monoisotopic (exact) mass is 564 g/mol. The van der Waals surface area contributed by atoms with Crippen molar-refractivity contribution in [2.24, 2.45) is 46.3 Å². The molecule has 4 aliphatic carbocycles. The normalized spacial score (nSPS) is 37.6. The molecule has 1 aromatic carbocycles. The lowest BCUT2D eigenvalue weighted by Crippen LogP contribution is -2.54. The quantitative estimate of drug-likeness (QED) is 0.233.